The molecule has 0 amide bonds. The summed E-state index contributed by atoms with van der Waals surface area (Å²) >= 11 is 0. The van der Waals surface area contributed by atoms with Crippen molar-refractivity contribution < 1.29 is 0 Å². The van der Waals surface area contributed by atoms with Crippen molar-refractivity contribution in [2.24, 2.45) is 0 Å². The molecule has 2 nitrogen and oxygen atoms in total. The maximum Gasteiger partial charge on any atom is 0.116 e. The third-order valence-corrected chi connectivity index (χ3v) is 4.70. The highest BCUT2D eigenvalue weighted by Gasteiger charge is 2.12. The fourth-order valence-corrected chi connectivity index (χ4v) is 3.68. The van der Waals surface area contributed by atoms with Crippen molar-refractivity contribution in [1.29, 1.82) is 0 Å². The lowest BCUT2D eigenvalue weighted by atomic mass is 9.96. The monoisotopic (exact) mass is 312 g/mol. The van der Waals surface area contributed by atoms with Crippen molar-refractivity contribution in [2.45, 2.75) is 27.7 Å². The number of rotatable bonds is 1. The Hall–Kier alpha value is -2.74. The highest BCUT2D eigenvalue weighted by Crippen LogP contribution is 2.33. The van der Waals surface area contributed by atoms with Crippen molar-refractivity contribution in [2.75, 3.05) is 0 Å². The Morgan fingerprint density at radius 2 is 1.50 bits per heavy atom. The van der Waals surface area contributed by atoms with E-state index in [1.165, 1.54) is 38.6 Å². The van der Waals surface area contributed by atoms with E-state index in [1.54, 1.807) is 6.33 Å². The van der Waals surface area contributed by atoms with Gasteiger partial charge in [0.2, 0.25) is 0 Å². The number of benzene rings is 3. The largest absolute Gasteiger partial charge is 0.236 e. The standard InChI is InChI=1S/C22H20N2/c1-13-5-7-18(15(3)9-13)21-19-8-6-17-11-14(2)10-16(4)20(17)22(19)24-12-23-21/h5-12H,1-4H3. The molecule has 24 heavy (non-hydrogen) atoms. The molecular weight excluding hydrogens is 292 g/mol. The molecule has 0 atom stereocenters. The van der Waals surface area contributed by atoms with Crippen LogP contribution >= 0.6 is 0 Å². The summed E-state index contributed by atoms with van der Waals surface area (Å²) in [7, 11) is 0. The number of fused-ring (bicyclic) bond motifs is 3. The Labute approximate surface area is 142 Å². The van der Waals surface area contributed by atoms with Gasteiger partial charge in [-0.1, -0.05) is 47.5 Å². The van der Waals surface area contributed by atoms with Crippen LogP contribution in [0.5, 0.6) is 0 Å². The molecule has 3 aromatic carbocycles. The minimum atomic E-state index is 1.01. The van der Waals surface area contributed by atoms with Gasteiger partial charge in [0.15, 0.2) is 0 Å². The normalized spacial score (nSPS) is 11.3. The molecule has 4 rings (SSSR count). The minimum Gasteiger partial charge on any atom is -0.236 e. The van der Waals surface area contributed by atoms with Gasteiger partial charge in [0.25, 0.3) is 0 Å². The van der Waals surface area contributed by atoms with Gasteiger partial charge in [-0.05, 0) is 50.3 Å². The highest BCUT2D eigenvalue weighted by atomic mass is 14.8. The average Bonchev–Trinajstić information content (AvgIpc) is 2.53. The number of hydrogen-bond acceptors (Lipinski definition) is 2. The van der Waals surface area contributed by atoms with E-state index < -0.39 is 0 Å². The first-order chi connectivity index (χ1) is 11.5. The number of aromatic nitrogens is 2. The second-order valence-corrected chi connectivity index (χ2v) is 6.68. The smallest absolute Gasteiger partial charge is 0.116 e. The van der Waals surface area contributed by atoms with Gasteiger partial charge in [-0.25, -0.2) is 9.97 Å². The second kappa shape index (κ2) is 5.41. The summed E-state index contributed by atoms with van der Waals surface area (Å²) in [5.74, 6) is 0. The first-order valence-electron chi connectivity index (χ1n) is 8.27. The molecule has 1 heterocycles. The van der Waals surface area contributed by atoms with Crippen molar-refractivity contribution in [3.63, 3.8) is 0 Å². The Balaban J connectivity index is 2.10. The van der Waals surface area contributed by atoms with Crippen molar-refractivity contribution >= 4 is 21.7 Å². The molecule has 4 aromatic rings. The van der Waals surface area contributed by atoms with Gasteiger partial charge in [-0.2, -0.15) is 0 Å². The Kier molecular flexibility index (Phi) is 3.34. The predicted molar refractivity (Wildman–Crippen MR) is 101 cm³/mol. The molecule has 0 unspecified atom stereocenters. The Morgan fingerprint density at radius 3 is 2.29 bits per heavy atom. The van der Waals surface area contributed by atoms with E-state index >= 15 is 0 Å². The molecule has 2 heteroatoms. The third-order valence-electron chi connectivity index (χ3n) is 4.70. The van der Waals surface area contributed by atoms with E-state index in [-0.39, 0.29) is 0 Å². The van der Waals surface area contributed by atoms with Crippen LogP contribution in [0.3, 0.4) is 0 Å². The van der Waals surface area contributed by atoms with E-state index in [1.807, 2.05) is 0 Å². The Morgan fingerprint density at radius 1 is 0.708 bits per heavy atom. The SMILES string of the molecule is Cc1ccc(-c2ncnc3c2ccc2cc(C)cc(C)c23)c(C)c1. The summed E-state index contributed by atoms with van der Waals surface area (Å²) in [6.45, 7) is 8.56. The highest BCUT2D eigenvalue weighted by molar-refractivity contribution is 6.10. The van der Waals surface area contributed by atoms with Crippen LogP contribution in [0.25, 0.3) is 32.9 Å². The Bertz CT molecular complexity index is 1090. The van der Waals surface area contributed by atoms with Crippen molar-refractivity contribution in [3.8, 4) is 11.3 Å². The molecular formula is C22H20N2. The van der Waals surface area contributed by atoms with Gasteiger partial charge in [0.05, 0.1) is 11.2 Å². The maximum atomic E-state index is 4.62. The molecule has 0 radical (unpaired) electrons. The maximum absolute atomic E-state index is 4.62. The van der Waals surface area contributed by atoms with Crippen LogP contribution in [0.1, 0.15) is 22.3 Å². The molecule has 0 aliphatic rings. The fraction of sp³-hybridized carbons (Fsp3) is 0.182. The predicted octanol–water partition coefficient (Wildman–Crippen LogP) is 5.68. The molecule has 0 aliphatic heterocycles. The lowest BCUT2D eigenvalue weighted by Gasteiger charge is -2.12. The van der Waals surface area contributed by atoms with E-state index in [9.17, 15) is 0 Å². The quantitative estimate of drug-likeness (QED) is 0.422. The van der Waals surface area contributed by atoms with E-state index in [4.69, 9.17) is 0 Å². The third kappa shape index (κ3) is 2.26. The zero-order valence-electron chi connectivity index (χ0n) is 14.5. The van der Waals surface area contributed by atoms with Gasteiger partial charge in [0, 0.05) is 16.3 Å². The zero-order chi connectivity index (χ0) is 16.8. The molecule has 0 saturated carbocycles. The van der Waals surface area contributed by atoms with Gasteiger partial charge < -0.3 is 0 Å². The first-order valence-corrected chi connectivity index (χ1v) is 8.27. The van der Waals surface area contributed by atoms with Gasteiger partial charge in [-0.15, -0.1) is 0 Å². The van der Waals surface area contributed by atoms with Gasteiger partial charge in [0.1, 0.15) is 6.33 Å². The lowest BCUT2D eigenvalue weighted by Crippen LogP contribution is -1.94. The summed E-state index contributed by atoms with van der Waals surface area (Å²) in [6, 6.07) is 15.3. The van der Waals surface area contributed by atoms with Crippen LogP contribution in [0.4, 0.5) is 0 Å². The van der Waals surface area contributed by atoms with Crippen molar-refractivity contribution in [1.82, 2.24) is 9.97 Å². The van der Waals surface area contributed by atoms with E-state index in [0.29, 0.717) is 0 Å². The molecule has 0 aliphatic carbocycles. The van der Waals surface area contributed by atoms with Crippen LogP contribution in [0.15, 0.2) is 48.8 Å². The molecule has 0 fully saturated rings. The molecule has 0 N–H and O–H groups in total. The van der Waals surface area contributed by atoms with Crippen LogP contribution in [0, 0.1) is 27.7 Å². The number of hydrogen-bond donors (Lipinski definition) is 0. The lowest BCUT2D eigenvalue weighted by molar-refractivity contribution is 1.22. The first kappa shape index (κ1) is 14.8. The van der Waals surface area contributed by atoms with Crippen LogP contribution in [0.2, 0.25) is 0 Å². The summed E-state index contributed by atoms with van der Waals surface area (Å²) in [5.41, 5.74) is 8.29. The molecule has 0 spiro atoms. The summed E-state index contributed by atoms with van der Waals surface area (Å²) in [5, 5.41) is 3.58. The summed E-state index contributed by atoms with van der Waals surface area (Å²) in [6.07, 6.45) is 1.69. The second-order valence-electron chi connectivity index (χ2n) is 6.68. The van der Waals surface area contributed by atoms with Crippen LogP contribution < -0.4 is 0 Å². The topological polar surface area (TPSA) is 25.8 Å². The van der Waals surface area contributed by atoms with E-state index in [0.717, 1.165) is 16.6 Å². The zero-order valence-corrected chi connectivity index (χ0v) is 14.5. The molecule has 1 aromatic heterocycles. The van der Waals surface area contributed by atoms with E-state index in [2.05, 4.69) is 80.1 Å². The molecule has 118 valence electrons. The summed E-state index contributed by atoms with van der Waals surface area (Å²) in [4.78, 5) is 9.23. The van der Waals surface area contributed by atoms with Gasteiger partial charge in [-0.3, -0.25) is 0 Å². The number of aryl methyl sites for hydroxylation is 4. The number of nitrogens with zero attached hydrogens (tertiary/aromatic N) is 2. The molecule has 0 bridgehead atoms. The van der Waals surface area contributed by atoms with Crippen LogP contribution in [-0.4, -0.2) is 9.97 Å². The average molecular weight is 312 g/mol. The van der Waals surface area contributed by atoms with Crippen LogP contribution in [-0.2, 0) is 0 Å². The minimum absolute atomic E-state index is 1.01. The van der Waals surface area contributed by atoms with Crippen molar-refractivity contribution in [3.05, 3.63) is 71.0 Å². The fourth-order valence-electron chi connectivity index (χ4n) is 3.68. The molecule has 0 saturated heterocycles. The summed E-state index contributed by atoms with van der Waals surface area (Å²) < 4.78 is 0. The van der Waals surface area contributed by atoms with Gasteiger partial charge >= 0.3 is 0 Å².